The molecule has 0 radical (unpaired) electrons. The Bertz CT molecular complexity index is 716. The zero-order valence-corrected chi connectivity index (χ0v) is 19.7. The predicted molar refractivity (Wildman–Crippen MR) is 123 cm³/mol. The quantitative estimate of drug-likeness (QED) is 0.708. The van der Waals surface area contributed by atoms with Crippen LogP contribution in [0.3, 0.4) is 0 Å². The molecule has 1 aromatic rings. The van der Waals surface area contributed by atoms with Gasteiger partial charge in [-0.1, -0.05) is 0 Å². The van der Waals surface area contributed by atoms with Crippen LogP contribution in [0, 0.1) is 5.92 Å². The monoisotopic (exact) mass is 435 g/mol. The highest BCUT2D eigenvalue weighted by Gasteiger charge is 2.27. The van der Waals surface area contributed by atoms with Gasteiger partial charge >= 0.3 is 6.09 Å². The smallest absolute Gasteiger partial charge is 0.410 e. The van der Waals surface area contributed by atoms with Crippen LogP contribution < -0.4 is 4.90 Å². The number of rotatable bonds is 5. The third-order valence-electron chi connectivity index (χ3n) is 6.03. The first-order valence-electron chi connectivity index (χ1n) is 11.1. The molecule has 0 aliphatic carbocycles. The van der Waals surface area contributed by atoms with Gasteiger partial charge in [0.25, 0.3) is 0 Å². The average Bonchev–Trinajstić information content (AvgIpc) is 2.72. The minimum atomic E-state index is -0.918. The summed E-state index contributed by atoms with van der Waals surface area (Å²) < 4.78 is 17.0. The second kappa shape index (κ2) is 10.1. The van der Waals surface area contributed by atoms with Gasteiger partial charge < -0.3 is 14.5 Å². The SMILES string of the molecule is CS(=O)c1ccc(N2CCN(CCC3CCN(C(=O)OC(C)(C)C)CC3)CC2)cc1. The van der Waals surface area contributed by atoms with Gasteiger partial charge in [-0.3, -0.25) is 9.11 Å². The average molecular weight is 436 g/mol. The van der Waals surface area contributed by atoms with Gasteiger partial charge in [-0.15, -0.1) is 0 Å². The highest BCUT2D eigenvalue weighted by Crippen LogP contribution is 2.23. The van der Waals surface area contributed by atoms with E-state index in [1.807, 2.05) is 37.8 Å². The van der Waals surface area contributed by atoms with Crippen molar-refractivity contribution in [3.05, 3.63) is 24.3 Å². The van der Waals surface area contributed by atoms with Gasteiger partial charge in [0.05, 0.1) is 0 Å². The van der Waals surface area contributed by atoms with E-state index in [-0.39, 0.29) is 6.09 Å². The second-order valence-corrected chi connectivity index (χ2v) is 10.9. The number of anilines is 1. The van der Waals surface area contributed by atoms with Crippen LogP contribution >= 0.6 is 0 Å². The molecule has 2 aliphatic rings. The van der Waals surface area contributed by atoms with Crippen LogP contribution in [0.15, 0.2) is 29.2 Å². The third kappa shape index (κ3) is 6.71. The Kier molecular flexibility index (Phi) is 7.80. The van der Waals surface area contributed by atoms with Crippen molar-refractivity contribution < 1.29 is 13.7 Å². The Morgan fingerprint density at radius 3 is 2.17 bits per heavy atom. The second-order valence-electron chi connectivity index (χ2n) is 9.48. The molecule has 0 saturated carbocycles. The van der Waals surface area contributed by atoms with Crippen LogP contribution in [0.5, 0.6) is 0 Å². The van der Waals surface area contributed by atoms with E-state index >= 15 is 0 Å². The number of amides is 1. The number of hydrogen-bond acceptors (Lipinski definition) is 5. The number of piperidine rings is 1. The topological polar surface area (TPSA) is 53.1 Å². The molecule has 0 spiro atoms. The molecule has 0 N–H and O–H groups in total. The van der Waals surface area contributed by atoms with Crippen LogP contribution in [0.25, 0.3) is 0 Å². The standard InChI is InChI=1S/C23H37N3O3S/c1-23(2,3)29-22(27)26-13-10-19(11-14-26)9-12-24-15-17-25(18-16-24)20-5-7-21(8-6-20)30(4)28/h5-8,19H,9-18H2,1-4H3. The molecule has 2 saturated heterocycles. The van der Waals surface area contributed by atoms with E-state index in [2.05, 4.69) is 21.9 Å². The number of carbonyl (C=O) groups excluding carboxylic acids is 1. The van der Waals surface area contributed by atoms with E-state index in [0.29, 0.717) is 5.92 Å². The molecule has 2 aliphatic heterocycles. The van der Waals surface area contributed by atoms with E-state index in [9.17, 15) is 9.00 Å². The van der Waals surface area contributed by atoms with E-state index in [0.717, 1.165) is 63.6 Å². The molecule has 7 heteroatoms. The van der Waals surface area contributed by atoms with Crippen molar-refractivity contribution in [2.75, 3.05) is 57.0 Å². The minimum absolute atomic E-state index is 0.171. The molecular formula is C23H37N3O3S. The fraction of sp³-hybridized carbons (Fsp3) is 0.696. The van der Waals surface area contributed by atoms with Crippen molar-refractivity contribution in [2.24, 2.45) is 5.92 Å². The maximum atomic E-state index is 12.2. The Hall–Kier alpha value is -1.60. The molecule has 1 aromatic carbocycles. The highest BCUT2D eigenvalue weighted by molar-refractivity contribution is 7.84. The Morgan fingerprint density at radius 2 is 1.63 bits per heavy atom. The predicted octanol–water partition coefficient (Wildman–Crippen LogP) is 3.58. The highest BCUT2D eigenvalue weighted by atomic mass is 32.2. The van der Waals surface area contributed by atoms with Gasteiger partial charge in [0.15, 0.2) is 0 Å². The molecule has 2 fully saturated rings. The number of ether oxygens (including phenoxy) is 1. The summed E-state index contributed by atoms with van der Waals surface area (Å²) in [6.45, 7) is 12.7. The summed E-state index contributed by atoms with van der Waals surface area (Å²) in [6, 6.07) is 8.12. The summed E-state index contributed by atoms with van der Waals surface area (Å²) in [5, 5.41) is 0. The number of likely N-dealkylation sites (tertiary alicyclic amines) is 1. The van der Waals surface area contributed by atoms with Crippen molar-refractivity contribution in [1.29, 1.82) is 0 Å². The summed E-state index contributed by atoms with van der Waals surface area (Å²) in [4.78, 5) is 19.9. The Morgan fingerprint density at radius 1 is 1.03 bits per heavy atom. The van der Waals surface area contributed by atoms with Crippen molar-refractivity contribution in [3.63, 3.8) is 0 Å². The third-order valence-corrected chi connectivity index (χ3v) is 6.96. The maximum absolute atomic E-state index is 12.2. The first-order chi connectivity index (χ1) is 14.2. The van der Waals surface area contributed by atoms with Crippen LogP contribution in [0.2, 0.25) is 0 Å². The summed E-state index contributed by atoms with van der Waals surface area (Å²) in [5.74, 6) is 0.698. The molecular weight excluding hydrogens is 398 g/mol. The molecule has 6 nitrogen and oxygen atoms in total. The van der Waals surface area contributed by atoms with E-state index in [4.69, 9.17) is 4.74 Å². The normalized spacial score (nSPS) is 20.3. The fourth-order valence-corrected chi connectivity index (χ4v) is 4.69. The molecule has 3 rings (SSSR count). The summed E-state index contributed by atoms with van der Waals surface area (Å²) in [7, 11) is -0.918. The largest absolute Gasteiger partial charge is 0.444 e. The van der Waals surface area contributed by atoms with Crippen LogP contribution in [0.4, 0.5) is 10.5 Å². The lowest BCUT2D eigenvalue weighted by molar-refractivity contribution is 0.0177. The van der Waals surface area contributed by atoms with Gasteiger partial charge in [0.2, 0.25) is 0 Å². The molecule has 0 bridgehead atoms. The Labute approximate surface area is 184 Å². The summed E-state index contributed by atoms with van der Waals surface area (Å²) >= 11 is 0. The molecule has 1 amide bonds. The van der Waals surface area contributed by atoms with Crippen LogP contribution in [0.1, 0.15) is 40.0 Å². The van der Waals surface area contributed by atoms with Gasteiger partial charge in [0.1, 0.15) is 5.60 Å². The first-order valence-corrected chi connectivity index (χ1v) is 12.7. The molecule has 1 atom stereocenters. The lowest BCUT2D eigenvalue weighted by Gasteiger charge is -2.38. The first kappa shape index (κ1) is 23.1. The molecule has 0 aromatic heterocycles. The number of piperazine rings is 1. The van der Waals surface area contributed by atoms with Crippen molar-refractivity contribution in [1.82, 2.24) is 9.80 Å². The van der Waals surface area contributed by atoms with Crippen molar-refractivity contribution in [3.8, 4) is 0 Å². The zero-order chi connectivity index (χ0) is 21.7. The molecule has 2 heterocycles. The van der Waals surface area contributed by atoms with Crippen molar-refractivity contribution in [2.45, 2.75) is 50.5 Å². The van der Waals surface area contributed by atoms with E-state index < -0.39 is 16.4 Å². The number of carbonyl (C=O) groups is 1. The van der Waals surface area contributed by atoms with Gasteiger partial charge in [-0.2, -0.15) is 0 Å². The van der Waals surface area contributed by atoms with Gasteiger partial charge in [-0.05, 0) is 76.8 Å². The summed E-state index contributed by atoms with van der Waals surface area (Å²) in [5.41, 5.74) is 0.797. The Balaban J connectivity index is 1.35. The number of benzene rings is 1. The molecule has 1 unspecified atom stereocenters. The maximum Gasteiger partial charge on any atom is 0.410 e. The summed E-state index contributed by atoms with van der Waals surface area (Å²) in [6.07, 6.45) is 4.90. The zero-order valence-electron chi connectivity index (χ0n) is 18.9. The van der Waals surface area contributed by atoms with Gasteiger partial charge in [0, 0.05) is 66.9 Å². The lowest BCUT2D eigenvalue weighted by atomic mass is 9.93. The molecule has 30 heavy (non-hydrogen) atoms. The van der Waals surface area contributed by atoms with Crippen LogP contribution in [-0.4, -0.2) is 77.8 Å². The minimum Gasteiger partial charge on any atom is -0.444 e. The number of hydrogen-bond donors (Lipinski definition) is 0. The van der Waals surface area contributed by atoms with E-state index in [1.165, 1.54) is 12.1 Å². The van der Waals surface area contributed by atoms with E-state index in [1.54, 1.807) is 6.26 Å². The lowest BCUT2D eigenvalue weighted by Crippen LogP contribution is -2.47. The number of nitrogens with zero attached hydrogens (tertiary/aromatic N) is 3. The molecule has 168 valence electrons. The fourth-order valence-electron chi connectivity index (χ4n) is 4.17. The van der Waals surface area contributed by atoms with Crippen LogP contribution in [-0.2, 0) is 15.5 Å². The van der Waals surface area contributed by atoms with Gasteiger partial charge in [-0.25, -0.2) is 4.79 Å². The van der Waals surface area contributed by atoms with Crippen molar-refractivity contribution >= 4 is 22.6 Å².